The molecule has 50 heavy (non-hydrogen) atoms. The summed E-state index contributed by atoms with van der Waals surface area (Å²) in [6, 6.07) is 13.6. The van der Waals surface area contributed by atoms with E-state index in [4.69, 9.17) is 32.0 Å². The van der Waals surface area contributed by atoms with Crippen molar-refractivity contribution in [1.82, 2.24) is 20.0 Å². The van der Waals surface area contributed by atoms with Crippen LogP contribution in [0.15, 0.2) is 66.8 Å². The number of hydrogen-bond donors (Lipinski definition) is 5. The van der Waals surface area contributed by atoms with E-state index in [2.05, 4.69) is 41.1 Å². The summed E-state index contributed by atoms with van der Waals surface area (Å²) in [7, 11) is 0. The van der Waals surface area contributed by atoms with Crippen LogP contribution in [0.25, 0.3) is 0 Å². The molecule has 0 aromatic heterocycles. The van der Waals surface area contributed by atoms with Crippen molar-refractivity contribution in [3.8, 4) is 0 Å². The number of carbonyl (C=O) groups is 5. The summed E-state index contributed by atoms with van der Waals surface area (Å²) in [4.78, 5) is 57.5. The molecule has 2 aliphatic heterocycles. The van der Waals surface area contributed by atoms with Gasteiger partial charge in [0.05, 0.1) is 0 Å². The van der Waals surface area contributed by atoms with Crippen molar-refractivity contribution in [3.63, 3.8) is 0 Å². The number of rotatable bonds is 9. The number of carbonyl (C=O) groups excluding carboxylic acids is 1. The molecule has 1 aliphatic carbocycles. The van der Waals surface area contributed by atoms with Crippen molar-refractivity contribution in [2.24, 2.45) is 5.41 Å². The van der Waals surface area contributed by atoms with Gasteiger partial charge >= 0.3 is 29.9 Å². The first kappa shape index (κ1) is 39.6. The third-order valence-corrected chi connectivity index (χ3v) is 8.64. The number of piperazine rings is 1. The molecule has 15 heteroatoms. The van der Waals surface area contributed by atoms with Gasteiger partial charge < -0.3 is 30.6 Å². The molecule has 2 aromatic carbocycles. The lowest BCUT2D eigenvalue weighted by Crippen LogP contribution is -2.57. The number of nitrogens with one attached hydrogen (secondary N) is 1. The third kappa shape index (κ3) is 12.6. The summed E-state index contributed by atoms with van der Waals surface area (Å²) in [6.45, 7) is 11.6. The topological polar surface area (TPSA) is 188 Å². The van der Waals surface area contributed by atoms with E-state index in [1.807, 2.05) is 23.1 Å². The molecule has 0 unspecified atom stereocenters. The maximum Gasteiger partial charge on any atom is 0.328 e. The summed E-state index contributed by atoms with van der Waals surface area (Å²) in [5.41, 5.74) is 3.88. The summed E-state index contributed by atoms with van der Waals surface area (Å²) >= 11 is 6.37. The molecular weight excluding hydrogens is 675 g/mol. The van der Waals surface area contributed by atoms with Gasteiger partial charge in [0, 0.05) is 93.6 Å². The van der Waals surface area contributed by atoms with E-state index in [9.17, 15) is 28.4 Å². The quantitative estimate of drug-likeness (QED) is 0.235. The lowest BCUT2D eigenvalue weighted by Gasteiger charge is -2.41. The first-order valence-electron chi connectivity index (χ1n) is 15.9. The van der Waals surface area contributed by atoms with Gasteiger partial charge in [-0.25, -0.2) is 28.4 Å². The zero-order valence-electron chi connectivity index (χ0n) is 27.8. The number of carboxylic acids is 4. The Kier molecular flexibility index (Phi) is 14.5. The molecule has 0 saturated carbocycles. The number of urea groups is 1. The Bertz CT molecular complexity index is 1520. The van der Waals surface area contributed by atoms with Gasteiger partial charge in [0.15, 0.2) is 0 Å². The van der Waals surface area contributed by atoms with Crippen LogP contribution in [0.2, 0.25) is 5.02 Å². The minimum atomic E-state index is -1.26. The fourth-order valence-electron chi connectivity index (χ4n) is 6.08. The van der Waals surface area contributed by atoms with Gasteiger partial charge in [-0.15, -0.1) is 0 Å². The minimum Gasteiger partial charge on any atom is -0.478 e. The molecular formula is C35H42ClFN4O9. The molecule has 2 aromatic rings. The number of fused-ring (bicyclic) bond motifs is 1. The van der Waals surface area contributed by atoms with Crippen LogP contribution in [0.4, 0.5) is 9.18 Å². The van der Waals surface area contributed by atoms with Gasteiger partial charge in [-0.05, 0) is 52.8 Å². The van der Waals surface area contributed by atoms with Crippen LogP contribution in [0, 0.1) is 11.2 Å². The average Bonchev–Trinajstić information content (AvgIpc) is 3.43. The van der Waals surface area contributed by atoms with Gasteiger partial charge in [-0.3, -0.25) is 9.80 Å². The third-order valence-electron chi connectivity index (χ3n) is 8.41. The molecule has 5 rings (SSSR count). The molecule has 0 bridgehead atoms. The first-order valence-corrected chi connectivity index (χ1v) is 16.2. The van der Waals surface area contributed by atoms with E-state index < -0.39 is 23.9 Å². The molecule has 0 spiro atoms. The highest BCUT2D eigenvalue weighted by atomic mass is 35.5. The Morgan fingerprint density at radius 3 is 1.90 bits per heavy atom. The van der Waals surface area contributed by atoms with Crippen LogP contribution in [-0.2, 0) is 19.2 Å². The number of hydrogen-bond acceptors (Lipinski definition) is 7. The minimum absolute atomic E-state index is 0.0611. The fraction of sp³-hybridized carbons (Fsp3) is 0.400. The maximum absolute atomic E-state index is 13.5. The molecule has 0 radical (unpaired) electrons. The normalized spacial score (nSPS) is 20.2. The number of benzene rings is 2. The average molecular weight is 717 g/mol. The second-order valence-electron chi connectivity index (χ2n) is 12.8. The van der Waals surface area contributed by atoms with Crippen molar-refractivity contribution in [3.05, 3.63) is 94.3 Å². The lowest BCUT2D eigenvalue weighted by atomic mass is 9.91. The lowest BCUT2D eigenvalue weighted by molar-refractivity contribution is -0.134. The highest BCUT2D eigenvalue weighted by Crippen LogP contribution is 2.47. The highest BCUT2D eigenvalue weighted by molar-refractivity contribution is 6.30. The van der Waals surface area contributed by atoms with E-state index in [1.54, 1.807) is 12.1 Å². The van der Waals surface area contributed by atoms with Crippen molar-refractivity contribution in [2.45, 2.75) is 32.2 Å². The maximum atomic E-state index is 13.5. The summed E-state index contributed by atoms with van der Waals surface area (Å²) < 4.78 is 13.5. The van der Waals surface area contributed by atoms with Crippen molar-refractivity contribution < 1.29 is 48.8 Å². The van der Waals surface area contributed by atoms with Crippen molar-refractivity contribution in [1.29, 1.82) is 0 Å². The zero-order chi connectivity index (χ0) is 37.0. The van der Waals surface area contributed by atoms with Crippen LogP contribution < -0.4 is 5.32 Å². The Labute approximate surface area is 294 Å². The molecule has 2 saturated heterocycles. The smallest absolute Gasteiger partial charge is 0.328 e. The van der Waals surface area contributed by atoms with Crippen LogP contribution in [0.3, 0.4) is 0 Å². The van der Waals surface area contributed by atoms with E-state index >= 15 is 0 Å². The van der Waals surface area contributed by atoms with Gasteiger partial charge in [0.1, 0.15) is 5.82 Å². The second kappa shape index (κ2) is 18.3. The number of halogens is 2. The van der Waals surface area contributed by atoms with Crippen LogP contribution in [0.5, 0.6) is 0 Å². The van der Waals surface area contributed by atoms with Crippen molar-refractivity contribution >= 4 is 41.5 Å². The van der Waals surface area contributed by atoms with Crippen LogP contribution in [-0.4, -0.2) is 117 Å². The zero-order valence-corrected chi connectivity index (χ0v) is 28.6. The second-order valence-corrected chi connectivity index (χ2v) is 13.2. The fourth-order valence-corrected chi connectivity index (χ4v) is 6.26. The van der Waals surface area contributed by atoms with Crippen molar-refractivity contribution in [2.75, 3.05) is 52.4 Å². The Morgan fingerprint density at radius 1 is 0.840 bits per heavy atom. The van der Waals surface area contributed by atoms with Crippen LogP contribution in [0.1, 0.15) is 48.9 Å². The van der Waals surface area contributed by atoms with Gasteiger partial charge in [0.25, 0.3) is 0 Å². The Morgan fingerprint density at radius 2 is 1.38 bits per heavy atom. The molecule has 2 amide bonds. The Balaban J connectivity index is 0.000000352. The molecule has 13 nitrogen and oxygen atoms in total. The monoisotopic (exact) mass is 716 g/mol. The molecule has 3 aliphatic rings. The molecule has 2 atom stereocenters. The van der Waals surface area contributed by atoms with Gasteiger partial charge in [0.2, 0.25) is 0 Å². The van der Waals surface area contributed by atoms with Crippen LogP contribution >= 0.6 is 11.6 Å². The molecule has 270 valence electrons. The van der Waals surface area contributed by atoms with Gasteiger partial charge in [-0.1, -0.05) is 43.6 Å². The predicted octanol–water partition coefficient (Wildman–Crippen LogP) is 4.15. The SMILES string of the molecule is CC1(C)CNC(=O)N(CCN2CCN([C@H]3C[C@H](c4ccc(F)cc4)c4cc(Cl)ccc43)CC2)C1.O=C(O)/C=C\C(=O)O.O=C(O)/C=C\C(=O)O. The predicted molar refractivity (Wildman–Crippen MR) is 183 cm³/mol. The summed E-state index contributed by atoms with van der Waals surface area (Å²) in [6.07, 6.45) is 3.22. The largest absolute Gasteiger partial charge is 0.478 e. The summed E-state index contributed by atoms with van der Waals surface area (Å²) in [5.74, 6) is -5.00. The number of nitrogens with zero attached hydrogens (tertiary/aromatic N) is 3. The molecule has 2 heterocycles. The number of carboxylic acid groups (broad SMARTS) is 4. The molecule has 5 N–H and O–H groups in total. The van der Waals surface area contributed by atoms with Gasteiger partial charge in [-0.2, -0.15) is 0 Å². The van der Waals surface area contributed by atoms with E-state index in [0.717, 1.165) is 69.4 Å². The highest BCUT2D eigenvalue weighted by Gasteiger charge is 2.37. The summed E-state index contributed by atoms with van der Waals surface area (Å²) in [5, 5.41) is 35.0. The standard InChI is InChI=1S/C27H34ClFN4O.2C4H4O4/c1-27(2)17-30-26(34)33(18-27)14-11-31-9-12-32(13-10-31)25-16-23(19-3-6-21(29)7-4-19)24-15-20(28)5-8-22(24)25;2*5-3(6)1-2-4(7)8/h3-8,15,23,25H,9-14,16-18H2,1-2H3,(H,30,34);2*1-2H,(H,5,6)(H,7,8)/b;2*2-1-/t23-,25+;;/m1../s1. The Hall–Kier alpha value is -4.79. The number of aliphatic carboxylic acids is 4. The van der Waals surface area contributed by atoms with E-state index in [0.29, 0.717) is 30.3 Å². The molecule has 2 fully saturated rings. The number of amides is 2. The first-order chi connectivity index (χ1) is 23.5. The van der Waals surface area contributed by atoms with E-state index in [1.165, 1.54) is 11.1 Å². The van der Waals surface area contributed by atoms with E-state index in [-0.39, 0.29) is 23.2 Å².